The number of aldehydes is 1. The first-order valence-electron chi connectivity index (χ1n) is 33.8. The highest BCUT2D eigenvalue weighted by atomic mass is 31.2. The molecule has 107 heavy (non-hydrogen) atoms. The Morgan fingerprint density at radius 3 is 1.34 bits per heavy atom. The summed E-state index contributed by atoms with van der Waals surface area (Å²) in [5.41, 5.74) is 8.03. The summed E-state index contributed by atoms with van der Waals surface area (Å²) >= 11 is 0. The van der Waals surface area contributed by atoms with Crippen LogP contribution in [0.1, 0.15) is 94.9 Å². The summed E-state index contributed by atoms with van der Waals surface area (Å²) in [6, 6.07) is 48.7. The van der Waals surface area contributed by atoms with Gasteiger partial charge in [-0.05, 0) is 226 Å². The van der Waals surface area contributed by atoms with Gasteiger partial charge in [-0.2, -0.15) is 0 Å². The first-order chi connectivity index (χ1) is 51.2. The van der Waals surface area contributed by atoms with E-state index in [1.54, 1.807) is 131 Å². The first kappa shape index (κ1) is 81.8. The zero-order valence-corrected chi connectivity index (χ0v) is 63.6. The van der Waals surface area contributed by atoms with E-state index in [2.05, 4.69) is 81.8 Å². The molecule has 0 radical (unpaired) electrons. The molecule has 0 atom stereocenters. The van der Waals surface area contributed by atoms with Crippen LogP contribution in [-0.2, 0) is 34.0 Å². The predicted octanol–water partition coefficient (Wildman–Crippen LogP) is 17.1. The highest BCUT2D eigenvalue weighted by Gasteiger charge is 2.26. The summed E-state index contributed by atoms with van der Waals surface area (Å²) in [7, 11) is 6.85. The Kier molecular flexibility index (Phi) is 30.5. The van der Waals surface area contributed by atoms with Gasteiger partial charge < -0.3 is 43.2 Å². The van der Waals surface area contributed by atoms with Crippen molar-refractivity contribution in [3.8, 4) is 58.5 Å². The maximum absolute atomic E-state index is 12.5. The number of nitrogens with zero attached hydrogens (tertiary/aromatic N) is 9. The van der Waals surface area contributed by atoms with Crippen LogP contribution >= 0.6 is 7.60 Å². The molecule has 22 nitrogen and oxygen atoms in total. The molecule has 0 unspecified atom stereocenters. The van der Waals surface area contributed by atoms with Crippen molar-refractivity contribution >= 4 is 99.3 Å². The topological polar surface area (TPSA) is 262 Å². The normalized spacial score (nSPS) is 10.8. The number of amides is 2. The van der Waals surface area contributed by atoms with Crippen molar-refractivity contribution in [2.24, 2.45) is 0 Å². The van der Waals surface area contributed by atoms with E-state index in [9.17, 15) is 24.1 Å². The fraction of sp³-hybridized carbons (Fsp3) is 0.238. The van der Waals surface area contributed by atoms with Gasteiger partial charge in [0.25, 0.3) is 0 Å². The van der Waals surface area contributed by atoms with E-state index in [0.717, 1.165) is 94.9 Å². The molecule has 7 aromatic heterocycles. The lowest BCUT2D eigenvalue weighted by atomic mass is 10.2. The van der Waals surface area contributed by atoms with Gasteiger partial charge in [0.2, 0.25) is 0 Å². The maximum atomic E-state index is 12.5. The molecule has 0 bridgehead atoms. The molecular weight excluding hydrogens is 1370 g/mol. The number of carbonyl (C=O) groups excluding carboxylic acids is 3. The molecule has 0 aliphatic rings. The largest absolute Gasteiger partial charge is 0.508 e. The third-order valence-corrected chi connectivity index (χ3v) is 16.5. The highest BCUT2D eigenvalue weighted by Crippen LogP contribution is 2.51. The molecule has 4 aromatic carbocycles. The van der Waals surface area contributed by atoms with E-state index < -0.39 is 31.0 Å². The van der Waals surface area contributed by atoms with Crippen molar-refractivity contribution in [3.63, 3.8) is 0 Å². The number of ether oxygens (including phenoxy) is 5. The number of allylic oxidation sites excluding steroid dienone is 2. The van der Waals surface area contributed by atoms with E-state index >= 15 is 0 Å². The van der Waals surface area contributed by atoms with Crippen LogP contribution in [0.15, 0.2) is 188 Å². The van der Waals surface area contributed by atoms with Crippen LogP contribution in [0, 0.1) is 42.4 Å². The Morgan fingerprint density at radius 2 is 0.925 bits per heavy atom. The molecular formula is C84H87N10O12P. The van der Waals surface area contributed by atoms with Gasteiger partial charge in [-0.1, -0.05) is 53.9 Å². The zero-order chi connectivity index (χ0) is 77.5. The van der Waals surface area contributed by atoms with Gasteiger partial charge in [0.1, 0.15) is 51.7 Å². The highest BCUT2D eigenvalue weighted by molar-refractivity contribution is 7.53. The van der Waals surface area contributed by atoms with Crippen LogP contribution in [0.4, 0.5) is 27.0 Å². The van der Waals surface area contributed by atoms with Crippen LogP contribution in [0.2, 0.25) is 0 Å². The summed E-state index contributed by atoms with van der Waals surface area (Å²) in [4.78, 5) is 67.3. The molecule has 11 rings (SSSR count). The molecule has 0 spiro atoms. The van der Waals surface area contributed by atoms with Crippen molar-refractivity contribution in [1.29, 1.82) is 0 Å². The fourth-order valence-corrected chi connectivity index (χ4v) is 11.0. The number of carbonyl (C=O) groups is 3. The average molecular weight is 1460 g/mol. The molecule has 0 fully saturated rings. The standard InChI is InChI=1S/C25H25N3O3.C19H15N3O.C15H20NO4P.C14H16N2O3.C11H11NO/c1-25(2,3)31-24(29)28(4)23-15-10-18(17-26-23)8-6-7-9-20-12-11-19-16-21(30-5)13-14-22(19)27-20;1-20-19-11-6-14(13-21-19)4-2-3-5-16-8-7-15-12-17(23)9-10-18(15)22-16;1-4-19-21(17,20-5-2)11-13-7-6-12-10-14(18-3)8-9-15(12)16-13;1-14(2,3)19-13(18)16(4)12-8-7-11(10-15-12)6-5-9-17;1-8-3-4-9-7-10(13-2)5-6-11(9)12-8/h7,9-17H,1-5H3;3,5-13,23H,1H3,(H,20,21);6-10H,4-5,11H2,1-3H3;7-10H,1-4H3;3-7H,1-2H3/b9-7+;5-3+;;;. The zero-order valence-electron chi connectivity index (χ0n) is 62.7. The molecule has 23 heteroatoms. The van der Waals surface area contributed by atoms with Gasteiger partial charge >= 0.3 is 19.8 Å². The van der Waals surface area contributed by atoms with Crippen LogP contribution in [0.3, 0.4) is 0 Å². The lowest BCUT2D eigenvalue weighted by Gasteiger charge is -2.24. The number of hydrogen-bond donors (Lipinski definition) is 2. The Morgan fingerprint density at radius 1 is 0.514 bits per heavy atom. The second kappa shape index (κ2) is 39.9. The number of aromatic hydroxyl groups is 1. The van der Waals surface area contributed by atoms with E-state index in [0.29, 0.717) is 42.4 Å². The summed E-state index contributed by atoms with van der Waals surface area (Å²) in [5.74, 6) is 21.4. The fourth-order valence-electron chi connectivity index (χ4n) is 9.37. The molecule has 11 aromatic rings. The number of aryl methyl sites for hydroxylation is 1. The predicted molar refractivity (Wildman–Crippen MR) is 424 cm³/mol. The quantitative estimate of drug-likeness (QED) is 0.0582. The minimum absolute atomic E-state index is 0.177. The molecule has 0 aliphatic carbocycles. The van der Waals surface area contributed by atoms with Gasteiger partial charge in [-0.15, -0.1) is 0 Å². The van der Waals surface area contributed by atoms with Crippen molar-refractivity contribution in [2.45, 2.75) is 79.7 Å². The van der Waals surface area contributed by atoms with E-state index in [4.69, 9.17) is 32.7 Å². The van der Waals surface area contributed by atoms with Crippen molar-refractivity contribution in [3.05, 3.63) is 228 Å². The van der Waals surface area contributed by atoms with E-state index in [1.165, 1.54) is 16.0 Å². The van der Waals surface area contributed by atoms with Crippen molar-refractivity contribution in [2.75, 3.05) is 70.8 Å². The van der Waals surface area contributed by atoms with Gasteiger partial charge in [-0.3, -0.25) is 29.1 Å². The second-order valence-electron chi connectivity index (χ2n) is 25.0. The summed E-state index contributed by atoms with van der Waals surface area (Å²) in [6.07, 6.45) is 11.8. The van der Waals surface area contributed by atoms with Crippen molar-refractivity contribution in [1.82, 2.24) is 34.9 Å². The van der Waals surface area contributed by atoms with Gasteiger partial charge in [-0.25, -0.2) is 34.5 Å². The minimum Gasteiger partial charge on any atom is -0.508 e. The van der Waals surface area contributed by atoms with Gasteiger partial charge in [0, 0.05) is 83.7 Å². The Labute approximate surface area is 624 Å². The maximum Gasteiger partial charge on any atom is 0.415 e. The first-order valence-corrected chi connectivity index (χ1v) is 35.5. The van der Waals surface area contributed by atoms with Crippen LogP contribution < -0.4 is 29.3 Å². The Hall–Kier alpha value is -12.5. The lowest BCUT2D eigenvalue weighted by molar-refractivity contribution is -0.103. The average Bonchev–Trinajstić information content (AvgIpc) is 0.963. The second-order valence-corrected chi connectivity index (χ2v) is 27.1. The van der Waals surface area contributed by atoms with E-state index in [1.807, 2.05) is 162 Å². The number of phenols is 1. The lowest BCUT2D eigenvalue weighted by Crippen LogP contribution is -2.34. The number of rotatable bonds is 14. The number of hydrogen-bond acceptors (Lipinski definition) is 20. The number of benzene rings is 4. The van der Waals surface area contributed by atoms with Crippen LogP contribution in [0.25, 0.3) is 55.8 Å². The Balaban J connectivity index is 0.000000191. The summed E-state index contributed by atoms with van der Waals surface area (Å²) in [5, 5.41) is 16.4. The van der Waals surface area contributed by atoms with Gasteiger partial charge in [0.15, 0.2) is 6.29 Å². The number of fused-ring (bicyclic) bond motifs is 4. The van der Waals surface area contributed by atoms with E-state index in [-0.39, 0.29) is 11.9 Å². The molecule has 2 amide bonds. The Bertz CT molecular complexity index is 5150. The smallest absolute Gasteiger partial charge is 0.415 e. The number of aromatic nitrogens is 7. The molecule has 0 saturated heterocycles. The molecule has 0 saturated carbocycles. The van der Waals surface area contributed by atoms with Crippen LogP contribution in [0.5, 0.6) is 23.0 Å². The monoisotopic (exact) mass is 1460 g/mol. The number of methoxy groups -OCH3 is 3. The van der Waals surface area contributed by atoms with Crippen molar-refractivity contribution < 1.29 is 56.8 Å². The summed E-state index contributed by atoms with van der Waals surface area (Å²) in [6.45, 7) is 17.1. The van der Waals surface area contributed by atoms with Gasteiger partial charge in [0.05, 0.1) is 79.9 Å². The van der Waals surface area contributed by atoms with Crippen LogP contribution in [-0.4, -0.2) is 125 Å². The minimum atomic E-state index is -3.12. The molecule has 550 valence electrons. The molecule has 7 heterocycles. The third kappa shape index (κ3) is 26.9. The number of nitrogens with one attached hydrogen (secondary N) is 1. The molecule has 0 aliphatic heterocycles. The number of phenolic OH excluding ortho intramolecular Hbond substituents is 1. The molecule has 2 N–H and O–H groups in total. The SMILES string of the molecule is CCOP(=O)(Cc1ccc2cc(OC)ccc2n1)OCC.CN(C(=O)OC(C)(C)C)c1ccc(C#CC=O)cn1.CNc1ccc(C#C/C=C/c2ccc3cc(O)ccc3n2)cn1.COc1ccc2nc(/C=C/C#Cc3ccc(N(C)C(=O)OC(C)(C)C)nc3)ccc2c1.COc1ccc2nc(C)ccc2c1. The number of anilines is 3. The summed E-state index contributed by atoms with van der Waals surface area (Å²) < 4.78 is 49.2. The number of pyridine rings is 7. The third-order valence-electron chi connectivity index (χ3n) is 14.5.